The number of ether oxygens (including phenoxy) is 1. The average molecular weight is 403 g/mol. The van der Waals surface area contributed by atoms with Crippen molar-refractivity contribution in [2.45, 2.75) is 19.3 Å². The van der Waals surface area contributed by atoms with Gasteiger partial charge in [0.25, 0.3) is 0 Å². The van der Waals surface area contributed by atoms with Crippen molar-refractivity contribution in [3.8, 4) is 5.75 Å². The van der Waals surface area contributed by atoms with Gasteiger partial charge >= 0.3 is 5.97 Å². The molecule has 0 spiro atoms. The molecule has 1 aromatic heterocycles. The van der Waals surface area contributed by atoms with E-state index in [4.69, 9.17) is 9.84 Å². The number of fused-ring (bicyclic) bond motifs is 1. The number of nitrogens with zero attached hydrogens (tertiary/aromatic N) is 1. The Morgan fingerprint density at radius 1 is 1.30 bits per heavy atom. The molecule has 0 aliphatic carbocycles. The van der Waals surface area contributed by atoms with Gasteiger partial charge in [-0.25, -0.2) is 0 Å². The van der Waals surface area contributed by atoms with Crippen molar-refractivity contribution in [1.82, 2.24) is 4.98 Å². The Labute approximate surface area is 133 Å². The minimum Gasteiger partial charge on any atom is -0.490 e. The van der Waals surface area contributed by atoms with Crippen LogP contribution in [-0.2, 0) is 4.79 Å². The van der Waals surface area contributed by atoms with E-state index in [1.165, 1.54) is 0 Å². The maximum absolute atomic E-state index is 10.4. The second kappa shape index (κ2) is 7.04. The molecular formula is C14H13Br2NO3. The van der Waals surface area contributed by atoms with Gasteiger partial charge in [-0.1, -0.05) is 22.0 Å². The number of carbonyl (C=O) groups is 1. The van der Waals surface area contributed by atoms with Crippen LogP contribution in [-0.4, -0.2) is 22.7 Å². The van der Waals surface area contributed by atoms with E-state index in [2.05, 4.69) is 36.8 Å². The first-order valence-electron chi connectivity index (χ1n) is 6.17. The van der Waals surface area contributed by atoms with Crippen molar-refractivity contribution in [3.63, 3.8) is 0 Å². The van der Waals surface area contributed by atoms with Crippen LogP contribution in [0.3, 0.4) is 0 Å². The largest absolute Gasteiger partial charge is 0.490 e. The lowest BCUT2D eigenvalue weighted by atomic mass is 10.2. The Hall–Kier alpha value is -1.14. The van der Waals surface area contributed by atoms with Crippen LogP contribution < -0.4 is 4.74 Å². The summed E-state index contributed by atoms with van der Waals surface area (Å²) < 4.78 is 7.54. The molecule has 0 aliphatic heterocycles. The van der Waals surface area contributed by atoms with Crippen LogP contribution in [0.4, 0.5) is 0 Å². The van der Waals surface area contributed by atoms with Crippen molar-refractivity contribution < 1.29 is 14.6 Å². The topological polar surface area (TPSA) is 59.4 Å². The van der Waals surface area contributed by atoms with Gasteiger partial charge in [0, 0.05) is 22.5 Å². The molecule has 0 bridgehead atoms. The van der Waals surface area contributed by atoms with Gasteiger partial charge in [-0.3, -0.25) is 9.78 Å². The molecule has 6 heteroatoms. The van der Waals surface area contributed by atoms with E-state index in [1.807, 2.05) is 18.2 Å². The molecule has 0 atom stereocenters. The highest BCUT2D eigenvalue weighted by Crippen LogP contribution is 2.37. The predicted octanol–water partition coefficient (Wildman–Crippen LogP) is 4.39. The Morgan fingerprint density at radius 2 is 2.10 bits per heavy atom. The maximum atomic E-state index is 10.4. The molecule has 1 heterocycles. The van der Waals surface area contributed by atoms with Gasteiger partial charge in [-0.2, -0.15) is 0 Å². The van der Waals surface area contributed by atoms with Crippen molar-refractivity contribution in [2.75, 3.05) is 6.61 Å². The molecule has 0 fully saturated rings. The zero-order chi connectivity index (χ0) is 14.5. The van der Waals surface area contributed by atoms with E-state index in [0.717, 1.165) is 19.8 Å². The number of carboxylic acids is 1. The zero-order valence-corrected chi connectivity index (χ0v) is 13.8. The predicted molar refractivity (Wildman–Crippen MR) is 84.1 cm³/mol. The molecule has 20 heavy (non-hydrogen) atoms. The lowest BCUT2D eigenvalue weighted by molar-refractivity contribution is -0.137. The first-order valence-corrected chi connectivity index (χ1v) is 7.75. The van der Waals surface area contributed by atoms with Crippen LogP contribution in [0.25, 0.3) is 10.9 Å². The number of rotatable bonds is 6. The third-order valence-electron chi connectivity index (χ3n) is 2.78. The normalized spacial score (nSPS) is 10.7. The second-order valence-corrected chi connectivity index (χ2v) is 5.98. The smallest absolute Gasteiger partial charge is 0.303 e. The number of pyridine rings is 1. The number of halogens is 2. The summed E-state index contributed by atoms with van der Waals surface area (Å²) in [7, 11) is 0. The van der Waals surface area contributed by atoms with E-state index < -0.39 is 5.97 Å². The van der Waals surface area contributed by atoms with Gasteiger partial charge < -0.3 is 9.84 Å². The summed E-state index contributed by atoms with van der Waals surface area (Å²) in [6.45, 7) is 0.471. The summed E-state index contributed by atoms with van der Waals surface area (Å²) in [5, 5.41) is 9.56. The molecule has 0 aliphatic rings. The molecule has 0 amide bonds. The molecule has 0 unspecified atom stereocenters. The number of aromatic nitrogens is 1. The fourth-order valence-corrected chi connectivity index (χ4v) is 3.22. The fourth-order valence-electron chi connectivity index (χ4n) is 1.84. The molecule has 2 aromatic rings. The fraction of sp³-hybridized carbons (Fsp3) is 0.286. The highest BCUT2D eigenvalue weighted by Gasteiger charge is 2.11. The molecule has 0 saturated heterocycles. The molecule has 2 rings (SSSR count). The van der Waals surface area contributed by atoms with Crippen molar-refractivity contribution >= 4 is 48.7 Å². The number of hydrogen-bond donors (Lipinski definition) is 1. The Morgan fingerprint density at radius 3 is 2.85 bits per heavy atom. The van der Waals surface area contributed by atoms with E-state index in [9.17, 15) is 4.79 Å². The van der Waals surface area contributed by atoms with Crippen LogP contribution in [0, 0.1) is 0 Å². The highest BCUT2D eigenvalue weighted by atomic mass is 79.9. The average Bonchev–Trinajstić information content (AvgIpc) is 2.41. The lowest BCUT2D eigenvalue weighted by Crippen LogP contribution is -2.01. The minimum absolute atomic E-state index is 0.171. The molecule has 106 valence electrons. The van der Waals surface area contributed by atoms with Gasteiger partial charge in [0.15, 0.2) is 5.75 Å². The standard InChI is InChI=1S/C14H13Br2NO3/c15-10-8-11(16)14(13-9(10)4-3-6-17-13)20-7-2-1-5-12(18)19/h3-4,6,8H,1-2,5,7H2,(H,18,19). The molecular weight excluding hydrogens is 390 g/mol. The Balaban J connectivity index is 2.11. The zero-order valence-electron chi connectivity index (χ0n) is 10.6. The van der Waals surface area contributed by atoms with Crippen LogP contribution in [0.15, 0.2) is 33.3 Å². The van der Waals surface area contributed by atoms with Crippen molar-refractivity contribution in [3.05, 3.63) is 33.3 Å². The number of aliphatic carboxylic acids is 1. The Bertz CT molecular complexity index is 631. The molecule has 4 nitrogen and oxygen atoms in total. The third kappa shape index (κ3) is 3.70. The van der Waals surface area contributed by atoms with Crippen molar-refractivity contribution in [2.24, 2.45) is 0 Å². The maximum Gasteiger partial charge on any atom is 0.303 e. The molecule has 1 aromatic carbocycles. The number of unbranched alkanes of at least 4 members (excludes halogenated alkanes) is 1. The van der Waals surface area contributed by atoms with Gasteiger partial charge in [0.2, 0.25) is 0 Å². The SMILES string of the molecule is O=C(O)CCCCOc1c(Br)cc(Br)c2cccnc12. The van der Waals surface area contributed by atoms with E-state index in [-0.39, 0.29) is 6.42 Å². The molecule has 0 radical (unpaired) electrons. The number of hydrogen-bond acceptors (Lipinski definition) is 3. The summed E-state index contributed by atoms with van der Waals surface area (Å²) >= 11 is 6.97. The van der Waals surface area contributed by atoms with Gasteiger partial charge in [-0.05, 0) is 40.9 Å². The monoisotopic (exact) mass is 401 g/mol. The van der Waals surface area contributed by atoms with E-state index >= 15 is 0 Å². The van der Waals surface area contributed by atoms with Crippen LogP contribution >= 0.6 is 31.9 Å². The quantitative estimate of drug-likeness (QED) is 0.727. The van der Waals surface area contributed by atoms with Gasteiger partial charge in [0.1, 0.15) is 5.52 Å². The number of carboxylic acid groups (broad SMARTS) is 1. The van der Waals surface area contributed by atoms with Gasteiger partial charge in [0.05, 0.1) is 11.1 Å². The molecule has 1 N–H and O–H groups in total. The van der Waals surface area contributed by atoms with Crippen LogP contribution in [0.1, 0.15) is 19.3 Å². The molecule has 0 saturated carbocycles. The summed E-state index contributed by atoms with van der Waals surface area (Å²) in [6, 6.07) is 5.77. The first-order chi connectivity index (χ1) is 9.59. The van der Waals surface area contributed by atoms with Crippen LogP contribution in [0.5, 0.6) is 5.75 Å². The van der Waals surface area contributed by atoms with E-state index in [0.29, 0.717) is 25.2 Å². The minimum atomic E-state index is -0.776. The van der Waals surface area contributed by atoms with Crippen molar-refractivity contribution in [1.29, 1.82) is 0 Å². The second-order valence-electron chi connectivity index (χ2n) is 4.27. The summed E-state index contributed by atoms with van der Waals surface area (Å²) in [4.78, 5) is 14.8. The number of benzene rings is 1. The summed E-state index contributed by atoms with van der Waals surface area (Å²) in [5.41, 5.74) is 0.784. The Kier molecular flexibility index (Phi) is 5.37. The van der Waals surface area contributed by atoms with E-state index in [1.54, 1.807) is 6.20 Å². The summed E-state index contributed by atoms with van der Waals surface area (Å²) in [5.74, 6) is -0.0823. The third-order valence-corrected chi connectivity index (χ3v) is 4.03. The first kappa shape index (κ1) is 15.3. The highest BCUT2D eigenvalue weighted by molar-refractivity contribution is 9.11. The van der Waals surface area contributed by atoms with Gasteiger partial charge in [-0.15, -0.1) is 0 Å². The summed E-state index contributed by atoms with van der Waals surface area (Å²) in [6.07, 6.45) is 3.19. The lowest BCUT2D eigenvalue weighted by Gasteiger charge is -2.11. The van der Waals surface area contributed by atoms with Crippen LogP contribution in [0.2, 0.25) is 0 Å².